The van der Waals surface area contributed by atoms with E-state index in [-0.39, 0.29) is 6.42 Å². The van der Waals surface area contributed by atoms with Gasteiger partial charge in [0, 0.05) is 11.3 Å². The molecular weight excluding hydrogens is 430 g/mol. The number of hydrogen-bond acceptors (Lipinski definition) is 5. The van der Waals surface area contributed by atoms with Crippen LogP contribution in [0.4, 0.5) is 11.4 Å². The molecule has 0 aliphatic carbocycles. The van der Waals surface area contributed by atoms with Crippen LogP contribution in [0.3, 0.4) is 0 Å². The standard InChI is InChI=1S/C27H27N3O4/c1-16-19-11-6-7-12-20(19)24-21(28)13-8-14-22(24)30(26(16)33)27(34)25(17(2)31)29-23(32)15-18-9-4-3-5-10-18/h3-14,16-17,25,31H,15,28H2,1-2H3,(H,29,32)/t16?,17-,25+/m1/s1. The van der Waals surface area contributed by atoms with Gasteiger partial charge in [-0.05, 0) is 42.7 Å². The second-order valence-electron chi connectivity index (χ2n) is 8.51. The molecule has 3 aromatic carbocycles. The Bertz CT molecular complexity index is 1240. The highest BCUT2D eigenvalue weighted by molar-refractivity contribution is 6.22. The summed E-state index contributed by atoms with van der Waals surface area (Å²) in [7, 11) is 0. The van der Waals surface area contributed by atoms with Gasteiger partial charge in [0.25, 0.3) is 5.91 Å². The molecule has 174 valence electrons. The smallest absolute Gasteiger partial charge is 0.259 e. The van der Waals surface area contributed by atoms with Gasteiger partial charge in [0.05, 0.1) is 24.1 Å². The maximum absolute atomic E-state index is 13.8. The molecule has 0 radical (unpaired) electrons. The minimum Gasteiger partial charge on any atom is -0.398 e. The molecule has 1 aliphatic rings. The number of carbonyl (C=O) groups is 3. The number of carbonyl (C=O) groups excluding carboxylic acids is 3. The number of rotatable bonds is 5. The van der Waals surface area contributed by atoms with E-state index >= 15 is 0 Å². The zero-order chi connectivity index (χ0) is 24.4. The fourth-order valence-corrected chi connectivity index (χ4v) is 4.35. The SMILES string of the molecule is CC1C(=O)N(C(=O)[C@@H](NC(=O)Cc2ccccc2)[C@@H](C)O)c2cccc(N)c2-c2ccccc21. The van der Waals surface area contributed by atoms with Crippen molar-refractivity contribution in [2.24, 2.45) is 0 Å². The summed E-state index contributed by atoms with van der Waals surface area (Å²) in [5.74, 6) is -2.24. The largest absolute Gasteiger partial charge is 0.398 e. The van der Waals surface area contributed by atoms with Crippen LogP contribution in [-0.4, -0.2) is 35.0 Å². The molecule has 7 nitrogen and oxygen atoms in total. The number of nitrogens with two attached hydrogens (primary N) is 1. The van der Waals surface area contributed by atoms with E-state index in [1.54, 1.807) is 37.3 Å². The average Bonchev–Trinajstić information content (AvgIpc) is 2.91. The quantitative estimate of drug-likeness (QED) is 0.510. The number of anilines is 2. The normalized spacial score (nSPS) is 16.6. The van der Waals surface area contributed by atoms with Crippen molar-refractivity contribution >= 4 is 29.1 Å². The number of aliphatic hydroxyl groups excluding tert-OH is 1. The first kappa shape index (κ1) is 23.2. The fraction of sp³-hybridized carbons (Fsp3) is 0.222. The van der Waals surface area contributed by atoms with Gasteiger partial charge in [-0.25, -0.2) is 4.90 Å². The van der Waals surface area contributed by atoms with Gasteiger partial charge in [0.1, 0.15) is 6.04 Å². The van der Waals surface area contributed by atoms with Gasteiger partial charge in [-0.1, -0.05) is 60.7 Å². The molecular formula is C27H27N3O4. The lowest BCUT2D eigenvalue weighted by Crippen LogP contribution is -2.56. The van der Waals surface area contributed by atoms with Crippen molar-refractivity contribution in [1.29, 1.82) is 0 Å². The second kappa shape index (κ2) is 9.49. The van der Waals surface area contributed by atoms with Gasteiger partial charge in [0.15, 0.2) is 0 Å². The number of nitrogens with one attached hydrogen (secondary N) is 1. The summed E-state index contributed by atoms with van der Waals surface area (Å²) in [6, 6.07) is 20.2. The first-order valence-electron chi connectivity index (χ1n) is 11.2. The Hall–Kier alpha value is -3.97. The molecule has 0 saturated heterocycles. The Morgan fingerprint density at radius 3 is 2.41 bits per heavy atom. The van der Waals surface area contributed by atoms with Gasteiger partial charge < -0.3 is 16.2 Å². The van der Waals surface area contributed by atoms with E-state index < -0.39 is 35.8 Å². The van der Waals surface area contributed by atoms with Crippen molar-refractivity contribution in [3.63, 3.8) is 0 Å². The summed E-state index contributed by atoms with van der Waals surface area (Å²) in [6.45, 7) is 3.14. The molecule has 4 rings (SSSR count). The van der Waals surface area contributed by atoms with Gasteiger partial charge in [-0.3, -0.25) is 14.4 Å². The van der Waals surface area contributed by atoms with Crippen LogP contribution < -0.4 is 16.0 Å². The number of fused-ring (bicyclic) bond motifs is 3. The van der Waals surface area contributed by atoms with Gasteiger partial charge in [0.2, 0.25) is 11.8 Å². The Morgan fingerprint density at radius 2 is 1.71 bits per heavy atom. The summed E-state index contributed by atoms with van der Waals surface area (Å²) < 4.78 is 0. The van der Waals surface area contributed by atoms with Crippen molar-refractivity contribution in [2.45, 2.75) is 38.3 Å². The highest BCUT2D eigenvalue weighted by Crippen LogP contribution is 2.44. The third-order valence-electron chi connectivity index (χ3n) is 6.10. The molecule has 0 fully saturated rings. The second-order valence-corrected chi connectivity index (χ2v) is 8.51. The molecule has 0 spiro atoms. The highest BCUT2D eigenvalue weighted by atomic mass is 16.3. The summed E-state index contributed by atoms with van der Waals surface area (Å²) in [5.41, 5.74) is 9.93. The van der Waals surface area contributed by atoms with Crippen LogP contribution in [0.25, 0.3) is 11.1 Å². The molecule has 3 aromatic rings. The van der Waals surface area contributed by atoms with E-state index in [0.717, 1.165) is 21.6 Å². The maximum Gasteiger partial charge on any atom is 0.259 e. The summed E-state index contributed by atoms with van der Waals surface area (Å²) in [4.78, 5) is 41.1. The summed E-state index contributed by atoms with van der Waals surface area (Å²) >= 11 is 0. The van der Waals surface area contributed by atoms with Crippen molar-refractivity contribution < 1.29 is 19.5 Å². The van der Waals surface area contributed by atoms with Crippen LogP contribution in [0.2, 0.25) is 0 Å². The van der Waals surface area contributed by atoms with Gasteiger partial charge in [-0.2, -0.15) is 0 Å². The number of imide groups is 1. The molecule has 0 aromatic heterocycles. The lowest BCUT2D eigenvalue weighted by atomic mass is 9.92. The molecule has 1 unspecified atom stereocenters. The lowest BCUT2D eigenvalue weighted by molar-refractivity contribution is -0.133. The zero-order valence-electron chi connectivity index (χ0n) is 19.1. The monoisotopic (exact) mass is 457 g/mol. The number of aliphatic hydroxyl groups is 1. The summed E-state index contributed by atoms with van der Waals surface area (Å²) in [6.07, 6.45) is -1.19. The minimum atomic E-state index is -1.32. The maximum atomic E-state index is 13.8. The third-order valence-corrected chi connectivity index (χ3v) is 6.10. The van der Waals surface area contributed by atoms with E-state index in [1.165, 1.54) is 6.92 Å². The van der Waals surface area contributed by atoms with Crippen molar-refractivity contribution in [1.82, 2.24) is 5.32 Å². The van der Waals surface area contributed by atoms with Crippen LogP contribution in [0.15, 0.2) is 72.8 Å². The van der Waals surface area contributed by atoms with Crippen LogP contribution >= 0.6 is 0 Å². The van der Waals surface area contributed by atoms with E-state index in [1.807, 2.05) is 42.5 Å². The first-order chi connectivity index (χ1) is 16.3. The third kappa shape index (κ3) is 4.30. The zero-order valence-corrected chi connectivity index (χ0v) is 19.1. The molecule has 1 aliphatic heterocycles. The first-order valence-corrected chi connectivity index (χ1v) is 11.2. The molecule has 7 heteroatoms. The number of amides is 3. The van der Waals surface area contributed by atoms with Crippen LogP contribution in [0.1, 0.15) is 30.9 Å². The predicted molar refractivity (Wildman–Crippen MR) is 131 cm³/mol. The van der Waals surface area contributed by atoms with Crippen molar-refractivity contribution in [3.05, 3.63) is 83.9 Å². The summed E-state index contributed by atoms with van der Waals surface area (Å²) in [5, 5.41) is 13.0. The Labute approximate surface area is 198 Å². The molecule has 3 amide bonds. The van der Waals surface area contributed by atoms with Crippen molar-refractivity contribution in [3.8, 4) is 11.1 Å². The lowest BCUT2D eigenvalue weighted by Gasteiger charge is -2.29. The van der Waals surface area contributed by atoms with E-state index in [9.17, 15) is 19.5 Å². The minimum absolute atomic E-state index is 0.0384. The molecule has 3 atom stereocenters. The molecule has 0 saturated carbocycles. The predicted octanol–water partition coefficient (Wildman–Crippen LogP) is 3.02. The topological polar surface area (TPSA) is 113 Å². The number of nitrogens with zero attached hydrogens (tertiary/aromatic N) is 1. The number of benzene rings is 3. The Morgan fingerprint density at radius 1 is 1.03 bits per heavy atom. The van der Waals surface area contributed by atoms with E-state index in [0.29, 0.717) is 16.9 Å². The van der Waals surface area contributed by atoms with Crippen LogP contribution in [0.5, 0.6) is 0 Å². The molecule has 0 bridgehead atoms. The highest BCUT2D eigenvalue weighted by Gasteiger charge is 2.40. The Kier molecular flexibility index (Phi) is 6.47. The van der Waals surface area contributed by atoms with Gasteiger partial charge in [-0.15, -0.1) is 0 Å². The number of hydrogen-bond donors (Lipinski definition) is 3. The van der Waals surface area contributed by atoms with Gasteiger partial charge >= 0.3 is 0 Å². The van der Waals surface area contributed by atoms with E-state index in [2.05, 4.69) is 5.32 Å². The van der Waals surface area contributed by atoms with Crippen molar-refractivity contribution in [2.75, 3.05) is 10.6 Å². The van der Waals surface area contributed by atoms with Crippen LogP contribution in [0, 0.1) is 0 Å². The Balaban J connectivity index is 1.73. The van der Waals surface area contributed by atoms with E-state index in [4.69, 9.17) is 5.73 Å². The fourth-order valence-electron chi connectivity index (χ4n) is 4.35. The average molecular weight is 458 g/mol. The van der Waals surface area contributed by atoms with Crippen LogP contribution in [-0.2, 0) is 20.8 Å². The molecule has 34 heavy (non-hydrogen) atoms. The number of nitrogen functional groups attached to an aromatic ring is 1. The molecule has 4 N–H and O–H groups in total. The molecule has 1 heterocycles.